The third-order valence-electron chi connectivity index (χ3n) is 3.55. The van der Waals surface area contributed by atoms with Crippen LogP contribution < -0.4 is 21.9 Å². The molecule has 25 heavy (non-hydrogen) atoms. The fourth-order valence-corrected chi connectivity index (χ4v) is 2.07. The van der Waals surface area contributed by atoms with Crippen LogP contribution in [0.2, 0.25) is 0 Å². The molecule has 8 nitrogen and oxygen atoms in total. The van der Waals surface area contributed by atoms with Crippen LogP contribution in [-0.2, 0) is 25.4 Å². The molecule has 1 amide bonds. The highest BCUT2D eigenvalue weighted by atomic mass is 16.2. The van der Waals surface area contributed by atoms with E-state index in [1.54, 1.807) is 24.3 Å². The average Bonchev–Trinajstić information content (AvgIpc) is 2.61. The van der Waals surface area contributed by atoms with Crippen molar-refractivity contribution in [3.05, 3.63) is 74.7 Å². The monoisotopic (exact) mass is 339 g/mol. The van der Waals surface area contributed by atoms with Crippen molar-refractivity contribution < 1.29 is 4.79 Å². The van der Waals surface area contributed by atoms with Gasteiger partial charge in [-0.05, 0) is 12.1 Å². The minimum absolute atomic E-state index is 0.117. The first kappa shape index (κ1) is 17.7. The van der Waals surface area contributed by atoms with Crippen LogP contribution in [0.4, 0.5) is 5.69 Å². The first-order chi connectivity index (χ1) is 11.9. The molecular formula is C17H17N5O3. The molecule has 2 aromatic rings. The zero-order valence-electron chi connectivity index (χ0n) is 13.8. The van der Waals surface area contributed by atoms with Gasteiger partial charge in [-0.1, -0.05) is 18.2 Å². The average molecular weight is 339 g/mol. The molecule has 8 heteroatoms. The van der Waals surface area contributed by atoms with Crippen molar-refractivity contribution in [2.75, 3.05) is 5.32 Å². The summed E-state index contributed by atoms with van der Waals surface area (Å²) in [6.07, 6.45) is 1.25. The van der Waals surface area contributed by atoms with E-state index in [1.807, 2.05) is 12.1 Å². The zero-order valence-corrected chi connectivity index (χ0v) is 13.8. The summed E-state index contributed by atoms with van der Waals surface area (Å²) in [5.74, 6) is -0.556. The molecule has 0 saturated carbocycles. The molecule has 1 heterocycles. The first-order valence-corrected chi connectivity index (χ1v) is 7.40. The molecule has 0 saturated heterocycles. The number of amides is 1. The van der Waals surface area contributed by atoms with Gasteiger partial charge in [0.2, 0.25) is 0 Å². The SMILES string of the molecule is Cn1c(CN/C=C(/C#N)C(=O)Nc2ccccc2)cc(=O)n(C)c1=O. The van der Waals surface area contributed by atoms with Crippen LogP contribution in [0.3, 0.4) is 0 Å². The van der Waals surface area contributed by atoms with E-state index in [-0.39, 0.29) is 12.1 Å². The van der Waals surface area contributed by atoms with Gasteiger partial charge in [-0.25, -0.2) is 4.79 Å². The van der Waals surface area contributed by atoms with Gasteiger partial charge in [-0.15, -0.1) is 0 Å². The molecule has 0 aliphatic carbocycles. The molecular weight excluding hydrogens is 322 g/mol. The van der Waals surface area contributed by atoms with Gasteiger partial charge in [0.25, 0.3) is 11.5 Å². The number of para-hydroxylation sites is 1. The summed E-state index contributed by atoms with van der Waals surface area (Å²) in [6, 6.07) is 11.9. The summed E-state index contributed by atoms with van der Waals surface area (Å²) in [5.41, 5.74) is 0.00668. The fraction of sp³-hybridized carbons (Fsp3) is 0.176. The van der Waals surface area contributed by atoms with Gasteiger partial charge in [0, 0.05) is 37.7 Å². The highest BCUT2D eigenvalue weighted by molar-refractivity contribution is 6.06. The van der Waals surface area contributed by atoms with E-state index < -0.39 is 17.2 Å². The molecule has 1 aromatic carbocycles. The summed E-state index contributed by atoms with van der Waals surface area (Å²) in [5, 5.41) is 14.5. The van der Waals surface area contributed by atoms with Crippen molar-refractivity contribution in [2.45, 2.75) is 6.54 Å². The number of aromatic nitrogens is 2. The van der Waals surface area contributed by atoms with E-state index in [4.69, 9.17) is 5.26 Å². The highest BCUT2D eigenvalue weighted by Crippen LogP contribution is 2.06. The number of carbonyl (C=O) groups is 1. The zero-order chi connectivity index (χ0) is 18.4. The summed E-state index contributed by atoms with van der Waals surface area (Å²) in [7, 11) is 2.93. The number of hydrogen-bond donors (Lipinski definition) is 2. The summed E-state index contributed by atoms with van der Waals surface area (Å²) >= 11 is 0. The molecule has 0 aliphatic rings. The van der Waals surface area contributed by atoms with Crippen molar-refractivity contribution in [3.8, 4) is 6.07 Å². The number of hydrogen-bond acceptors (Lipinski definition) is 5. The van der Waals surface area contributed by atoms with E-state index in [2.05, 4.69) is 10.6 Å². The lowest BCUT2D eigenvalue weighted by Crippen LogP contribution is -2.38. The Morgan fingerprint density at radius 3 is 2.52 bits per heavy atom. The van der Waals surface area contributed by atoms with Crippen LogP contribution >= 0.6 is 0 Å². The van der Waals surface area contributed by atoms with Gasteiger partial charge in [0.05, 0.1) is 6.54 Å². The molecule has 128 valence electrons. The van der Waals surface area contributed by atoms with Gasteiger partial charge in [0.1, 0.15) is 11.6 Å². The summed E-state index contributed by atoms with van der Waals surface area (Å²) in [6.45, 7) is 0.117. The topological polar surface area (TPSA) is 109 Å². The van der Waals surface area contributed by atoms with Crippen LogP contribution in [0.25, 0.3) is 0 Å². The molecule has 0 atom stereocenters. The van der Waals surface area contributed by atoms with Crippen LogP contribution in [0.15, 0.2) is 57.8 Å². The Labute approximate surface area is 143 Å². The minimum Gasteiger partial charge on any atom is -0.384 e. The Hall–Kier alpha value is -3.60. The van der Waals surface area contributed by atoms with Gasteiger partial charge < -0.3 is 10.6 Å². The van der Waals surface area contributed by atoms with Crippen LogP contribution in [0.1, 0.15) is 5.69 Å². The lowest BCUT2D eigenvalue weighted by molar-refractivity contribution is -0.112. The lowest BCUT2D eigenvalue weighted by atomic mass is 10.2. The molecule has 0 aliphatic heterocycles. The quantitative estimate of drug-likeness (QED) is 0.598. The maximum absolute atomic E-state index is 12.1. The highest BCUT2D eigenvalue weighted by Gasteiger charge is 2.09. The third-order valence-corrected chi connectivity index (χ3v) is 3.55. The van der Waals surface area contributed by atoms with Gasteiger partial charge in [-0.3, -0.25) is 18.7 Å². The number of benzene rings is 1. The van der Waals surface area contributed by atoms with Gasteiger partial charge in [-0.2, -0.15) is 5.26 Å². The molecule has 0 radical (unpaired) electrons. The normalized spacial score (nSPS) is 10.8. The third kappa shape index (κ3) is 4.23. The predicted molar refractivity (Wildman–Crippen MR) is 92.5 cm³/mol. The number of nitrogens with one attached hydrogen (secondary N) is 2. The number of rotatable bonds is 5. The van der Waals surface area contributed by atoms with Crippen molar-refractivity contribution in [1.29, 1.82) is 5.26 Å². The molecule has 2 rings (SSSR count). The Balaban J connectivity index is 2.10. The van der Waals surface area contributed by atoms with Crippen molar-refractivity contribution in [2.24, 2.45) is 14.1 Å². The molecule has 0 unspecified atom stereocenters. The van der Waals surface area contributed by atoms with E-state index in [0.717, 1.165) is 4.57 Å². The summed E-state index contributed by atoms with van der Waals surface area (Å²) < 4.78 is 2.31. The van der Waals surface area contributed by atoms with Crippen molar-refractivity contribution >= 4 is 11.6 Å². The molecule has 0 bridgehead atoms. The Morgan fingerprint density at radius 1 is 1.20 bits per heavy atom. The van der Waals surface area contributed by atoms with Gasteiger partial charge >= 0.3 is 5.69 Å². The van der Waals surface area contributed by atoms with Gasteiger partial charge in [0.15, 0.2) is 0 Å². The van der Waals surface area contributed by atoms with Crippen LogP contribution in [0, 0.1) is 11.3 Å². The second-order valence-electron chi connectivity index (χ2n) is 5.25. The molecule has 2 N–H and O–H groups in total. The molecule has 0 fully saturated rings. The smallest absolute Gasteiger partial charge is 0.330 e. The maximum Gasteiger partial charge on any atom is 0.330 e. The second-order valence-corrected chi connectivity index (χ2v) is 5.25. The number of carbonyl (C=O) groups excluding carboxylic acids is 1. The van der Waals surface area contributed by atoms with Crippen molar-refractivity contribution in [1.82, 2.24) is 14.5 Å². The summed E-state index contributed by atoms with van der Waals surface area (Å²) in [4.78, 5) is 35.6. The Morgan fingerprint density at radius 2 is 1.88 bits per heavy atom. The Kier molecular flexibility index (Phi) is 5.53. The minimum atomic E-state index is -0.556. The van der Waals surface area contributed by atoms with E-state index in [9.17, 15) is 14.4 Å². The van der Waals surface area contributed by atoms with E-state index in [0.29, 0.717) is 11.4 Å². The number of nitriles is 1. The first-order valence-electron chi connectivity index (χ1n) is 7.40. The standard InChI is InChI=1S/C17H17N5O3/c1-21-14(8-15(23)22(2)17(21)25)11-19-10-12(9-18)16(24)20-13-6-4-3-5-7-13/h3-8,10,19H,11H2,1-2H3,(H,20,24)/b12-10-. The maximum atomic E-state index is 12.1. The molecule has 1 aromatic heterocycles. The largest absolute Gasteiger partial charge is 0.384 e. The van der Waals surface area contributed by atoms with Crippen molar-refractivity contribution in [3.63, 3.8) is 0 Å². The van der Waals surface area contributed by atoms with E-state index in [1.165, 1.54) is 30.9 Å². The second kappa shape index (κ2) is 7.79. The van der Waals surface area contributed by atoms with Crippen LogP contribution in [-0.4, -0.2) is 15.0 Å². The fourth-order valence-electron chi connectivity index (χ4n) is 2.07. The number of anilines is 1. The van der Waals surface area contributed by atoms with E-state index >= 15 is 0 Å². The molecule has 0 spiro atoms. The lowest BCUT2D eigenvalue weighted by Gasteiger charge is -2.09. The Bertz CT molecular complexity index is 965. The number of nitrogens with zero attached hydrogens (tertiary/aromatic N) is 3. The predicted octanol–water partition coefficient (Wildman–Crippen LogP) is 0.220. The van der Waals surface area contributed by atoms with Crippen LogP contribution in [0.5, 0.6) is 0 Å².